The zero-order valence-electron chi connectivity index (χ0n) is 4.63. The van der Waals surface area contributed by atoms with Crippen LogP contribution >= 0.6 is 22.6 Å². The van der Waals surface area contributed by atoms with Gasteiger partial charge in [0.25, 0.3) is 0 Å². The SMILES string of the molecule is Nc1c[c-]c(I)cc1.[V]. The van der Waals surface area contributed by atoms with Gasteiger partial charge >= 0.3 is 0 Å². The van der Waals surface area contributed by atoms with Gasteiger partial charge in [-0.1, -0.05) is 28.3 Å². The van der Waals surface area contributed by atoms with Gasteiger partial charge in [0.05, 0.1) is 0 Å². The van der Waals surface area contributed by atoms with Crippen LogP contribution in [0.25, 0.3) is 0 Å². The van der Waals surface area contributed by atoms with E-state index in [0.717, 1.165) is 9.26 Å². The van der Waals surface area contributed by atoms with Crippen LogP contribution in [0.3, 0.4) is 0 Å². The van der Waals surface area contributed by atoms with Gasteiger partial charge in [0, 0.05) is 18.6 Å². The van der Waals surface area contributed by atoms with E-state index in [4.69, 9.17) is 5.73 Å². The Labute approximate surface area is 80.0 Å². The largest absolute Gasteiger partial charge is 0.449 e. The third-order valence-corrected chi connectivity index (χ3v) is 1.47. The van der Waals surface area contributed by atoms with Gasteiger partial charge in [0.15, 0.2) is 0 Å². The first-order chi connectivity index (χ1) is 3.79. The van der Waals surface area contributed by atoms with Crippen LogP contribution < -0.4 is 5.73 Å². The summed E-state index contributed by atoms with van der Waals surface area (Å²) in [5.41, 5.74) is 6.16. The van der Waals surface area contributed by atoms with Crippen LogP contribution in [-0.4, -0.2) is 0 Å². The molecule has 0 heterocycles. The van der Waals surface area contributed by atoms with Crippen molar-refractivity contribution < 1.29 is 18.6 Å². The number of hydrogen-bond donors (Lipinski definition) is 1. The molecule has 9 heavy (non-hydrogen) atoms. The minimum absolute atomic E-state index is 0. The van der Waals surface area contributed by atoms with E-state index in [0.29, 0.717) is 0 Å². The number of hydrogen-bond acceptors (Lipinski definition) is 1. The molecule has 1 nitrogen and oxygen atoms in total. The van der Waals surface area contributed by atoms with E-state index in [2.05, 4.69) is 28.7 Å². The van der Waals surface area contributed by atoms with E-state index < -0.39 is 0 Å². The van der Waals surface area contributed by atoms with Crippen molar-refractivity contribution in [3.63, 3.8) is 0 Å². The van der Waals surface area contributed by atoms with Crippen molar-refractivity contribution in [1.82, 2.24) is 0 Å². The summed E-state index contributed by atoms with van der Waals surface area (Å²) in [6.07, 6.45) is 0. The molecule has 0 aliphatic heterocycles. The molecule has 0 aliphatic carbocycles. The van der Waals surface area contributed by atoms with Crippen molar-refractivity contribution in [2.24, 2.45) is 0 Å². The van der Waals surface area contributed by atoms with E-state index in [1.807, 2.05) is 12.1 Å². The third-order valence-electron chi connectivity index (χ3n) is 0.799. The Morgan fingerprint density at radius 1 is 1.44 bits per heavy atom. The predicted octanol–water partition coefficient (Wildman–Crippen LogP) is 1.67. The summed E-state index contributed by atoms with van der Waals surface area (Å²) in [6.45, 7) is 0. The Kier molecular flexibility index (Phi) is 4.35. The van der Waals surface area contributed by atoms with Crippen LogP contribution in [-0.2, 0) is 18.6 Å². The molecule has 0 spiro atoms. The van der Waals surface area contributed by atoms with Gasteiger partial charge < -0.3 is 5.73 Å². The molecule has 0 bridgehead atoms. The van der Waals surface area contributed by atoms with Crippen LogP contribution in [0.4, 0.5) is 5.69 Å². The maximum absolute atomic E-state index is 5.39. The summed E-state index contributed by atoms with van der Waals surface area (Å²) in [5.74, 6) is 0. The van der Waals surface area contributed by atoms with E-state index in [-0.39, 0.29) is 18.6 Å². The van der Waals surface area contributed by atoms with E-state index in [1.165, 1.54) is 0 Å². The Bertz CT molecular complexity index is 152. The van der Waals surface area contributed by atoms with Gasteiger partial charge in [-0.2, -0.15) is 18.2 Å². The molecule has 0 saturated heterocycles. The Balaban J connectivity index is 0.000000640. The molecule has 0 unspecified atom stereocenters. The van der Waals surface area contributed by atoms with Gasteiger partial charge in [-0.3, -0.25) is 0 Å². The van der Waals surface area contributed by atoms with Crippen molar-refractivity contribution in [1.29, 1.82) is 0 Å². The number of nitrogen functional groups attached to an aromatic ring is 1. The minimum atomic E-state index is 0. The van der Waals surface area contributed by atoms with E-state index in [9.17, 15) is 0 Å². The summed E-state index contributed by atoms with van der Waals surface area (Å²) in [7, 11) is 0. The van der Waals surface area contributed by atoms with Gasteiger partial charge in [-0.05, 0) is 0 Å². The van der Waals surface area contributed by atoms with Crippen molar-refractivity contribution >= 4 is 28.3 Å². The molecule has 0 saturated carbocycles. The fourth-order valence-corrected chi connectivity index (χ4v) is 0.753. The summed E-state index contributed by atoms with van der Waals surface area (Å²) < 4.78 is 1.09. The Morgan fingerprint density at radius 2 is 2.11 bits per heavy atom. The smallest absolute Gasteiger partial charge is 0 e. The molecule has 1 radical (unpaired) electrons. The van der Waals surface area contributed by atoms with Crippen LogP contribution in [0.5, 0.6) is 0 Å². The second-order valence-electron chi connectivity index (χ2n) is 1.47. The molecule has 3 heteroatoms. The van der Waals surface area contributed by atoms with Crippen LogP contribution in [0.1, 0.15) is 0 Å². The molecule has 47 valence electrons. The fourth-order valence-electron chi connectivity index (χ4n) is 0.418. The third kappa shape index (κ3) is 3.13. The molecule has 0 amide bonds. The molecule has 1 aromatic rings. The zero-order chi connectivity index (χ0) is 5.98. The number of halogens is 1. The molecule has 0 fully saturated rings. The van der Waals surface area contributed by atoms with Crippen molar-refractivity contribution in [2.75, 3.05) is 5.73 Å². The normalized spacial score (nSPS) is 8.11. The van der Waals surface area contributed by atoms with E-state index in [1.54, 1.807) is 6.07 Å². The topological polar surface area (TPSA) is 26.0 Å². The Morgan fingerprint density at radius 3 is 2.44 bits per heavy atom. The molecule has 2 N–H and O–H groups in total. The van der Waals surface area contributed by atoms with Crippen LogP contribution in [0.2, 0.25) is 0 Å². The second kappa shape index (κ2) is 4.20. The first-order valence-electron chi connectivity index (χ1n) is 2.22. The summed E-state index contributed by atoms with van der Waals surface area (Å²) >= 11 is 2.19. The van der Waals surface area contributed by atoms with Gasteiger partial charge in [0.1, 0.15) is 0 Å². The van der Waals surface area contributed by atoms with E-state index >= 15 is 0 Å². The minimum Gasteiger partial charge on any atom is -0.449 e. The number of rotatable bonds is 0. The fraction of sp³-hybridized carbons (Fsp3) is 0. The summed E-state index contributed by atoms with van der Waals surface area (Å²) in [6, 6.07) is 8.51. The van der Waals surface area contributed by atoms with Crippen molar-refractivity contribution in [2.45, 2.75) is 0 Å². The van der Waals surface area contributed by atoms with Gasteiger partial charge in [-0.25, -0.2) is 0 Å². The molecule has 0 atom stereocenters. The molecular weight excluding hydrogens is 264 g/mol. The predicted molar refractivity (Wildman–Crippen MR) is 42.4 cm³/mol. The second-order valence-corrected chi connectivity index (χ2v) is 2.63. The molecule has 0 aliphatic rings. The molecule has 1 rings (SSSR count). The standard InChI is InChI=1S/C6H5IN.V/c7-5-1-3-6(8)4-2-5;/h1,3-4H,8H2;/q-1;. The monoisotopic (exact) mass is 269 g/mol. The van der Waals surface area contributed by atoms with Crippen molar-refractivity contribution in [3.8, 4) is 0 Å². The summed E-state index contributed by atoms with van der Waals surface area (Å²) in [5, 5.41) is 0. The quantitative estimate of drug-likeness (QED) is 0.432. The van der Waals surface area contributed by atoms with Crippen LogP contribution in [0, 0.1) is 9.64 Å². The first kappa shape index (κ1) is 9.33. The molecule has 1 aromatic carbocycles. The summed E-state index contributed by atoms with van der Waals surface area (Å²) in [4.78, 5) is 0. The molecular formula is C6H5INV-. The molecule has 0 aromatic heterocycles. The first-order valence-corrected chi connectivity index (χ1v) is 3.29. The number of anilines is 1. The maximum Gasteiger partial charge on any atom is 0 e. The van der Waals surface area contributed by atoms with Crippen LogP contribution in [0.15, 0.2) is 18.2 Å². The zero-order valence-corrected chi connectivity index (χ0v) is 8.19. The number of benzene rings is 1. The average molecular weight is 269 g/mol. The van der Waals surface area contributed by atoms with Crippen molar-refractivity contribution in [3.05, 3.63) is 27.8 Å². The van der Waals surface area contributed by atoms with Gasteiger partial charge in [-0.15, -0.1) is 9.64 Å². The van der Waals surface area contributed by atoms with Gasteiger partial charge in [0.2, 0.25) is 0 Å². The Hall–Kier alpha value is 0.334. The average Bonchev–Trinajstić information content (AvgIpc) is 1.77. The number of nitrogens with two attached hydrogens (primary N) is 1. The maximum atomic E-state index is 5.39.